The van der Waals surface area contributed by atoms with Gasteiger partial charge in [-0.25, -0.2) is 0 Å². The molecule has 0 spiro atoms. The molecule has 0 saturated carbocycles. The first-order chi connectivity index (χ1) is 8.05. The number of nitrogens with zero attached hydrogens (tertiary/aromatic N) is 1. The van der Waals surface area contributed by atoms with Gasteiger partial charge in [0.1, 0.15) is 5.75 Å². The van der Waals surface area contributed by atoms with Gasteiger partial charge in [0.2, 0.25) is 0 Å². The molecule has 0 radical (unpaired) electrons. The first kappa shape index (κ1) is 12.4. The van der Waals surface area contributed by atoms with Crippen molar-refractivity contribution in [2.45, 2.75) is 25.4 Å². The molecule has 3 nitrogen and oxygen atoms in total. The zero-order valence-corrected chi connectivity index (χ0v) is 10.9. The largest absolute Gasteiger partial charge is 0.497 e. The minimum atomic E-state index is -0.664. The maximum Gasteiger partial charge on any atom is 0.119 e. The van der Waals surface area contributed by atoms with Gasteiger partial charge in [0.05, 0.1) is 12.7 Å². The topological polar surface area (TPSA) is 32.7 Å². The second kappa shape index (κ2) is 4.67. The highest BCUT2D eigenvalue weighted by Gasteiger charge is 2.34. The van der Waals surface area contributed by atoms with Gasteiger partial charge in [-0.3, -0.25) is 0 Å². The smallest absolute Gasteiger partial charge is 0.119 e. The van der Waals surface area contributed by atoms with E-state index in [4.69, 9.17) is 4.74 Å². The van der Waals surface area contributed by atoms with Gasteiger partial charge in [0.15, 0.2) is 0 Å². The average molecular weight is 235 g/mol. The SMILES string of the molecule is COc1ccc(C2(O)CCN(C)CC2)c(C)c1. The number of hydrogen-bond acceptors (Lipinski definition) is 3. The second-order valence-electron chi connectivity index (χ2n) is 5.02. The highest BCUT2D eigenvalue weighted by Crippen LogP contribution is 2.35. The molecule has 1 heterocycles. The Balaban J connectivity index is 2.27. The minimum absolute atomic E-state index is 0.664. The van der Waals surface area contributed by atoms with Crippen molar-refractivity contribution >= 4 is 0 Å². The van der Waals surface area contributed by atoms with E-state index >= 15 is 0 Å². The van der Waals surface area contributed by atoms with Gasteiger partial charge in [-0.05, 0) is 50.1 Å². The lowest BCUT2D eigenvalue weighted by Gasteiger charge is -2.37. The van der Waals surface area contributed by atoms with E-state index in [9.17, 15) is 5.11 Å². The van der Waals surface area contributed by atoms with Gasteiger partial charge >= 0.3 is 0 Å². The molecule has 0 aromatic heterocycles. The predicted molar refractivity (Wildman–Crippen MR) is 68.4 cm³/mol. The predicted octanol–water partition coefficient (Wildman–Crippen LogP) is 1.92. The minimum Gasteiger partial charge on any atom is -0.497 e. The van der Waals surface area contributed by atoms with E-state index in [1.807, 2.05) is 25.1 Å². The van der Waals surface area contributed by atoms with Crippen molar-refractivity contribution in [1.29, 1.82) is 0 Å². The molecule has 0 amide bonds. The first-order valence-corrected chi connectivity index (χ1v) is 6.11. The van der Waals surface area contributed by atoms with Gasteiger partial charge < -0.3 is 14.7 Å². The Morgan fingerprint density at radius 3 is 2.47 bits per heavy atom. The van der Waals surface area contributed by atoms with Crippen molar-refractivity contribution in [1.82, 2.24) is 4.90 Å². The quantitative estimate of drug-likeness (QED) is 0.850. The number of ether oxygens (including phenoxy) is 1. The van der Waals surface area contributed by atoms with Crippen molar-refractivity contribution in [2.75, 3.05) is 27.2 Å². The molecular weight excluding hydrogens is 214 g/mol. The number of hydrogen-bond donors (Lipinski definition) is 1. The molecule has 0 unspecified atom stereocenters. The maximum atomic E-state index is 10.7. The first-order valence-electron chi connectivity index (χ1n) is 6.11. The van der Waals surface area contributed by atoms with E-state index in [1.54, 1.807) is 7.11 Å². The molecular formula is C14H21NO2. The van der Waals surface area contributed by atoms with E-state index in [-0.39, 0.29) is 0 Å². The lowest BCUT2D eigenvalue weighted by molar-refractivity contribution is -0.0208. The van der Waals surface area contributed by atoms with Gasteiger partial charge in [-0.2, -0.15) is 0 Å². The molecule has 0 atom stereocenters. The van der Waals surface area contributed by atoms with Crippen molar-refractivity contribution in [2.24, 2.45) is 0 Å². The molecule has 1 saturated heterocycles. The molecule has 1 aromatic carbocycles. The number of benzene rings is 1. The molecule has 1 N–H and O–H groups in total. The molecule has 17 heavy (non-hydrogen) atoms. The van der Waals surface area contributed by atoms with E-state index < -0.39 is 5.60 Å². The summed E-state index contributed by atoms with van der Waals surface area (Å²) in [6.07, 6.45) is 1.60. The van der Waals surface area contributed by atoms with Gasteiger partial charge in [0, 0.05) is 13.1 Å². The van der Waals surface area contributed by atoms with Crippen LogP contribution in [0.1, 0.15) is 24.0 Å². The fraction of sp³-hybridized carbons (Fsp3) is 0.571. The third kappa shape index (κ3) is 2.45. The summed E-state index contributed by atoms with van der Waals surface area (Å²) in [5.74, 6) is 0.850. The summed E-state index contributed by atoms with van der Waals surface area (Å²) in [5.41, 5.74) is 1.49. The Morgan fingerprint density at radius 2 is 1.94 bits per heavy atom. The van der Waals surface area contributed by atoms with Crippen molar-refractivity contribution < 1.29 is 9.84 Å². The van der Waals surface area contributed by atoms with Gasteiger partial charge in [-0.1, -0.05) is 6.07 Å². The van der Waals surface area contributed by atoms with Crippen molar-refractivity contribution in [3.05, 3.63) is 29.3 Å². The Labute approximate surface area is 103 Å². The highest BCUT2D eigenvalue weighted by molar-refractivity contribution is 5.38. The summed E-state index contributed by atoms with van der Waals surface area (Å²) in [7, 11) is 3.76. The molecule has 2 rings (SSSR count). The number of likely N-dealkylation sites (tertiary alicyclic amines) is 1. The summed E-state index contributed by atoms with van der Waals surface area (Å²) in [4.78, 5) is 2.26. The zero-order valence-electron chi connectivity index (χ0n) is 10.9. The summed E-state index contributed by atoms with van der Waals surface area (Å²) < 4.78 is 5.20. The summed E-state index contributed by atoms with van der Waals surface area (Å²) >= 11 is 0. The van der Waals surface area contributed by atoms with Crippen LogP contribution < -0.4 is 4.74 Å². The fourth-order valence-corrected chi connectivity index (χ4v) is 2.54. The zero-order chi connectivity index (χ0) is 12.5. The number of piperidine rings is 1. The average Bonchev–Trinajstić information content (AvgIpc) is 2.33. The number of aliphatic hydroxyl groups is 1. The third-order valence-corrected chi connectivity index (χ3v) is 3.75. The Kier molecular flexibility index (Phi) is 3.40. The highest BCUT2D eigenvalue weighted by atomic mass is 16.5. The van der Waals surface area contributed by atoms with E-state index in [0.29, 0.717) is 0 Å². The van der Waals surface area contributed by atoms with Crippen LogP contribution in [-0.4, -0.2) is 37.3 Å². The van der Waals surface area contributed by atoms with Crippen LogP contribution in [0, 0.1) is 6.92 Å². The molecule has 1 aliphatic heterocycles. The summed E-state index contributed by atoms with van der Waals surface area (Å²) in [5, 5.41) is 10.7. The normalized spacial score (nSPS) is 20.2. The molecule has 1 aliphatic rings. The van der Waals surface area contributed by atoms with E-state index in [1.165, 1.54) is 0 Å². The third-order valence-electron chi connectivity index (χ3n) is 3.75. The fourth-order valence-electron chi connectivity index (χ4n) is 2.54. The second-order valence-corrected chi connectivity index (χ2v) is 5.02. The van der Waals surface area contributed by atoms with Crippen LogP contribution in [0.25, 0.3) is 0 Å². The maximum absolute atomic E-state index is 10.7. The molecule has 1 fully saturated rings. The lowest BCUT2D eigenvalue weighted by atomic mass is 9.82. The monoisotopic (exact) mass is 235 g/mol. The van der Waals surface area contributed by atoms with Crippen LogP contribution in [0.4, 0.5) is 0 Å². The van der Waals surface area contributed by atoms with Crippen LogP contribution >= 0.6 is 0 Å². The van der Waals surface area contributed by atoms with Crippen LogP contribution in [0.2, 0.25) is 0 Å². The van der Waals surface area contributed by atoms with Crippen LogP contribution in [0.5, 0.6) is 5.75 Å². The molecule has 0 aliphatic carbocycles. The molecule has 3 heteroatoms. The number of rotatable bonds is 2. The van der Waals surface area contributed by atoms with E-state index in [0.717, 1.165) is 42.8 Å². The molecule has 0 bridgehead atoms. The standard InChI is InChI=1S/C14H21NO2/c1-11-10-12(17-3)4-5-13(11)14(16)6-8-15(2)9-7-14/h4-5,10,16H,6-9H2,1-3H3. The molecule has 94 valence electrons. The van der Waals surface area contributed by atoms with Gasteiger partial charge in [-0.15, -0.1) is 0 Å². The summed E-state index contributed by atoms with van der Waals surface area (Å²) in [6, 6.07) is 5.92. The Hall–Kier alpha value is -1.06. The number of aryl methyl sites for hydroxylation is 1. The Morgan fingerprint density at radius 1 is 1.29 bits per heavy atom. The van der Waals surface area contributed by atoms with Crippen LogP contribution in [-0.2, 0) is 5.60 Å². The summed E-state index contributed by atoms with van der Waals surface area (Å²) in [6.45, 7) is 3.93. The Bertz CT molecular complexity index is 395. The van der Waals surface area contributed by atoms with Crippen LogP contribution in [0.15, 0.2) is 18.2 Å². The van der Waals surface area contributed by atoms with Crippen LogP contribution in [0.3, 0.4) is 0 Å². The lowest BCUT2D eigenvalue weighted by Crippen LogP contribution is -2.41. The number of methoxy groups -OCH3 is 1. The van der Waals surface area contributed by atoms with Crippen molar-refractivity contribution in [3.8, 4) is 5.75 Å². The molecule has 1 aromatic rings. The van der Waals surface area contributed by atoms with E-state index in [2.05, 4.69) is 11.9 Å². The van der Waals surface area contributed by atoms with Crippen molar-refractivity contribution in [3.63, 3.8) is 0 Å². The van der Waals surface area contributed by atoms with Gasteiger partial charge in [0.25, 0.3) is 0 Å².